The quantitative estimate of drug-likeness (QED) is 0.789. The standard InChI is InChI=1S/C12H16N2O/c1-7(13)12-8(2)14-11-5-4-9(15-3)6-10(11)12/h4-7,14H,13H2,1-3H3. The average molecular weight is 204 g/mol. The molecule has 15 heavy (non-hydrogen) atoms. The fourth-order valence-electron chi connectivity index (χ4n) is 2.04. The Labute approximate surface area is 89.2 Å². The number of hydrogen-bond acceptors (Lipinski definition) is 2. The molecule has 0 aliphatic heterocycles. The van der Waals surface area contributed by atoms with E-state index in [9.17, 15) is 0 Å². The van der Waals surface area contributed by atoms with Crippen LogP contribution in [0.2, 0.25) is 0 Å². The van der Waals surface area contributed by atoms with Crippen LogP contribution in [0.4, 0.5) is 0 Å². The number of fused-ring (bicyclic) bond motifs is 1. The van der Waals surface area contributed by atoms with Crippen LogP contribution in [-0.4, -0.2) is 12.1 Å². The summed E-state index contributed by atoms with van der Waals surface area (Å²) in [5.74, 6) is 0.864. The molecule has 0 saturated carbocycles. The molecule has 0 fully saturated rings. The highest BCUT2D eigenvalue weighted by atomic mass is 16.5. The van der Waals surface area contributed by atoms with Gasteiger partial charge < -0.3 is 15.5 Å². The number of ether oxygens (including phenoxy) is 1. The zero-order chi connectivity index (χ0) is 11.0. The van der Waals surface area contributed by atoms with Gasteiger partial charge in [0.1, 0.15) is 5.75 Å². The molecule has 1 aromatic carbocycles. The summed E-state index contributed by atoms with van der Waals surface area (Å²) < 4.78 is 5.21. The SMILES string of the molecule is COc1ccc2[nH]c(C)c(C(C)N)c2c1. The van der Waals surface area contributed by atoms with Crippen LogP contribution in [0.1, 0.15) is 24.2 Å². The van der Waals surface area contributed by atoms with Gasteiger partial charge in [-0.05, 0) is 37.6 Å². The highest BCUT2D eigenvalue weighted by Gasteiger charge is 2.12. The van der Waals surface area contributed by atoms with Gasteiger partial charge in [0.2, 0.25) is 0 Å². The number of methoxy groups -OCH3 is 1. The largest absolute Gasteiger partial charge is 0.497 e. The van der Waals surface area contributed by atoms with Crippen LogP contribution < -0.4 is 10.5 Å². The van der Waals surface area contributed by atoms with E-state index in [4.69, 9.17) is 10.5 Å². The number of aryl methyl sites for hydroxylation is 1. The molecule has 0 amide bonds. The van der Waals surface area contributed by atoms with Crippen molar-refractivity contribution in [3.8, 4) is 5.75 Å². The summed E-state index contributed by atoms with van der Waals surface area (Å²) in [5, 5.41) is 1.15. The molecule has 1 aromatic heterocycles. The minimum Gasteiger partial charge on any atom is -0.497 e. The zero-order valence-corrected chi connectivity index (χ0v) is 9.29. The van der Waals surface area contributed by atoms with E-state index in [0.29, 0.717) is 0 Å². The van der Waals surface area contributed by atoms with Gasteiger partial charge >= 0.3 is 0 Å². The maximum Gasteiger partial charge on any atom is 0.119 e. The first kappa shape index (κ1) is 10.1. The molecule has 0 aliphatic carbocycles. The van der Waals surface area contributed by atoms with Crippen LogP contribution in [-0.2, 0) is 0 Å². The van der Waals surface area contributed by atoms with Crippen molar-refractivity contribution < 1.29 is 4.74 Å². The van der Waals surface area contributed by atoms with Gasteiger partial charge in [-0.3, -0.25) is 0 Å². The van der Waals surface area contributed by atoms with Crippen LogP contribution in [0.3, 0.4) is 0 Å². The molecular weight excluding hydrogens is 188 g/mol. The van der Waals surface area contributed by atoms with Crippen molar-refractivity contribution in [1.29, 1.82) is 0 Å². The first-order valence-electron chi connectivity index (χ1n) is 5.05. The highest BCUT2D eigenvalue weighted by molar-refractivity contribution is 5.86. The van der Waals surface area contributed by atoms with Gasteiger partial charge in [-0.2, -0.15) is 0 Å². The lowest BCUT2D eigenvalue weighted by molar-refractivity contribution is 0.415. The van der Waals surface area contributed by atoms with E-state index in [-0.39, 0.29) is 6.04 Å². The maximum atomic E-state index is 5.96. The fourth-order valence-corrected chi connectivity index (χ4v) is 2.04. The number of H-pyrrole nitrogens is 1. The fraction of sp³-hybridized carbons (Fsp3) is 0.333. The summed E-state index contributed by atoms with van der Waals surface area (Å²) in [6.07, 6.45) is 0. The minimum atomic E-state index is 0.0332. The first-order valence-corrected chi connectivity index (χ1v) is 5.05. The molecule has 3 heteroatoms. The van der Waals surface area contributed by atoms with E-state index in [1.165, 1.54) is 5.56 Å². The van der Waals surface area contributed by atoms with E-state index < -0.39 is 0 Å². The van der Waals surface area contributed by atoms with Crippen LogP contribution >= 0.6 is 0 Å². The van der Waals surface area contributed by atoms with E-state index in [1.54, 1.807) is 7.11 Å². The summed E-state index contributed by atoms with van der Waals surface area (Å²) in [6, 6.07) is 6.03. The lowest BCUT2D eigenvalue weighted by Crippen LogP contribution is -2.05. The second-order valence-electron chi connectivity index (χ2n) is 3.86. The molecule has 0 spiro atoms. The molecule has 1 heterocycles. The van der Waals surface area contributed by atoms with E-state index >= 15 is 0 Å². The topological polar surface area (TPSA) is 51.0 Å². The Hall–Kier alpha value is -1.48. The Bertz CT molecular complexity index is 486. The van der Waals surface area contributed by atoms with E-state index in [1.807, 2.05) is 32.0 Å². The number of rotatable bonds is 2. The number of nitrogens with one attached hydrogen (secondary N) is 1. The first-order chi connectivity index (χ1) is 7.13. The Balaban J connectivity index is 2.72. The number of benzene rings is 1. The van der Waals surface area contributed by atoms with Crippen molar-refractivity contribution in [2.24, 2.45) is 5.73 Å². The highest BCUT2D eigenvalue weighted by Crippen LogP contribution is 2.29. The molecule has 2 rings (SSSR count). The number of aromatic amines is 1. The van der Waals surface area contributed by atoms with Crippen molar-refractivity contribution in [2.75, 3.05) is 7.11 Å². The van der Waals surface area contributed by atoms with Gasteiger partial charge in [0, 0.05) is 22.6 Å². The van der Waals surface area contributed by atoms with Crippen molar-refractivity contribution >= 4 is 10.9 Å². The van der Waals surface area contributed by atoms with Crippen LogP contribution in [0.15, 0.2) is 18.2 Å². The van der Waals surface area contributed by atoms with Crippen LogP contribution in [0.5, 0.6) is 5.75 Å². The molecule has 1 atom stereocenters. The van der Waals surface area contributed by atoms with Crippen LogP contribution in [0, 0.1) is 6.92 Å². The zero-order valence-electron chi connectivity index (χ0n) is 9.29. The van der Waals surface area contributed by atoms with Crippen molar-refractivity contribution in [1.82, 2.24) is 4.98 Å². The smallest absolute Gasteiger partial charge is 0.119 e. The normalized spacial score (nSPS) is 13.1. The van der Waals surface area contributed by atoms with Gasteiger partial charge in [-0.1, -0.05) is 0 Å². The molecule has 2 aromatic rings. The Kier molecular flexibility index (Phi) is 2.40. The Morgan fingerprint density at radius 2 is 2.13 bits per heavy atom. The van der Waals surface area contributed by atoms with Gasteiger partial charge in [0.25, 0.3) is 0 Å². The summed E-state index contributed by atoms with van der Waals surface area (Å²) in [5.41, 5.74) is 9.37. The Morgan fingerprint density at radius 1 is 1.40 bits per heavy atom. The molecule has 0 aliphatic rings. The average Bonchev–Trinajstić information content (AvgIpc) is 2.52. The monoisotopic (exact) mass is 204 g/mol. The molecule has 80 valence electrons. The lowest BCUT2D eigenvalue weighted by Gasteiger charge is -2.06. The van der Waals surface area contributed by atoms with E-state index in [2.05, 4.69) is 4.98 Å². The second kappa shape index (κ2) is 3.59. The van der Waals surface area contributed by atoms with Crippen LogP contribution in [0.25, 0.3) is 10.9 Å². The Morgan fingerprint density at radius 3 is 2.73 bits per heavy atom. The lowest BCUT2D eigenvalue weighted by atomic mass is 10.1. The summed E-state index contributed by atoms with van der Waals surface area (Å²) in [7, 11) is 1.67. The molecule has 3 N–H and O–H groups in total. The molecule has 1 unspecified atom stereocenters. The summed E-state index contributed by atoms with van der Waals surface area (Å²) in [6.45, 7) is 4.04. The second-order valence-corrected chi connectivity index (χ2v) is 3.86. The molecule has 0 saturated heterocycles. The van der Waals surface area contributed by atoms with Crippen molar-refractivity contribution in [3.05, 3.63) is 29.5 Å². The van der Waals surface area contributed by atoms with Crippen molar-refractivity contribution in [3.63, 3.8) is 0 Å². The number of aromatic nitrogens is 1. The number of hydrogen-bond donors (Lipinski definition) is 2. The van der Waals surface area contributed by atoms with Gasteiger partial charge in [-0.15, -0.1) is 0 Å². The maximum absolute atomic E-state index is 5.96. The third kappa shape index (κ3) is 1.59. The molecule has 0 radical (unpaired) electrons. The van der Waals surface area contributed by atoms with E-state index in [0.717, 1.165) is 22.3 Å². The summed E-state index contributed by atoms with van der Waals surface area (Å²) >= 11 is 0. The van der Waals surface area contributed by atoms with Gasteiger partial charge in [0.05, 0.1) is 7.11 Å². The third-order valence-corrected chi connectivity index (χ3v) is 2.70. The van der Waals surface area contributed by atoms with Gasteiger partial charge in [0.15, 0.2) is 0 Å². The minimum absolute atomic E-state index is 0.0332. The van der Waals surface area contributed by atoms with Crippen molar-refractivity contribution in [2.45, 2.75) is 19.9 Å². The third-order valence-electron chi connectivity index (χ3n) is 2.70. The predicted molar refractivity (Wildman–Crippen MR) is 62.2 cm³/mol. The van der Waals surface area contributed by atoms with Gasteiger partial charge in [-0.25, -0.2) is 0 Å². The predicted octanol–water partition coefficient (Wildman–Crippen LogP) is 2.50. The number of nitrogens with two attached hydrogens (primary N) is 1. The molecular formula is C12H16N2O. The molecule has 3 nitrogen and oxygen atoms in total. The molecule has 0 bridgehead atoms. The summed E-state index contributed by atoms with van der Waals surface area (Å²) in [4.78, 5) is 3.32.